The molecule has 5 rings (SSSR count). The molecular formula is C39H49N9O5. The number of primary amides is 1. The number of nitrogens with zero attached hydrogens (tertiary/aromatic N) is 1. The monoisotopic (exact) mass is 723 g/mol. The molecule has 13 N–H and O–H groups in total. The summed E-state index contributed by atoms with van der Waals surface area (Å²) in [4.78, 5) is 61.2. The number of aliphatic imine (C=N–C) groups is 1. The van der Waals surface area contributed by atoms with Crippen LogP contribution in [0.4, 0.5) is 0 Å². The lowest BCUT2D eigenvalue weighted by atomic mass is 9.98. The number of carbonyl (C=O) groups is 4. The van der Waals surface area contributed by atoms with E-state index in [1.54, 1.807) is 24.4 Å². The summed E-state index contributed by atoms with van der Waals surface area (Å²) >= 11 is 0. The molecule has 0 unspecified atom stereocenters. The van der Waals surface area contributed by atoms with Gasteiger partial charge in [0.15, 0.2) is 5.96 Å². The highest BCUT2D eigenvalue weighted by molar-refractivity contribution is 5.95. The number of unbranched alkanes of at least 4 members (excludes halogenated alkanes) is 1. The number of aromatic nitrogens is 1. The maximum Gasteiger partial charge on any atom is 0.243 e. The van der Waals surface area contributed by atoms with E-state index in [0.29, 0.717) is 49.6 Å². The molecule has 0 bridgehead atoms. The zero-order valence-electron chi connectivity index (χ0n) is 29.6. The summed E-state index contributed by atoms with van der Waals surface area (Å²) in [6.07, 6.45) is 5.00. The molecule has 14 heteroatoms. The van der Waals surface area contributed by atoms with Crippen LogP contribution < -0.4 is 38.9 Å². The van der Waals surface area contributed by atoms with Gasteiger partial charge in [0.2, 0.25) is 23.6 Å². The van der Waals surface area contributed by atoms with Crippen molar-refractivity contribution in [3.05, 3.63) is 90.1 Å². The van der Waals surface area contributed by atoms with Crippen LogP contribution in [0.2, 0.25) is 0 Å². The van der Waals surface area contributed by atoms with E-state index in [-0.39, 0.29) is 48.8 Å². The van der Waals surface area contributed by atoms with Crippen LogP contribution in [0.5, 0.6) is 5.75 Å². The Bertz CT molecular complexity index is 1910. The molecule has 1 saturated carbocycles. The largest absolute Gasteiger partial charge is 0.508 e. The number of benzene rings is 3. The van der Waals surface area contributed by atoms with Gasteiger partial charge in [-0.1, -0.05) is 54.6 Å². The number of nitrogens with one attached hydrogen (secondary N) is 4. The Labute approximate surface area is 308 Å². The topological polar surface area (TPSA) is 257 Å². The summed E-state index contributed by atoms with van der Waals surface area (Å²) < 4.78 is 0. The summed E-state index contributed by atoms with van der Waals surface area (Å²) in [6, 6.07) is 19.0. The van der Waals surface area contributed by atoms with Crippen molar-refractivity contribution < 1.29 is 24.3 Å². The third-order valence-corrected chi connectivity index (χ3v) is 9.64. The number of guanidine groups is 1. The molecule has 0 saturated heterocycles. The van der Waals surface area contributed by atoms with E-state index in [0.717, 1.165) is 22.2 Å². The van der Waals surface area contributed by atoms with Gasteiger partial charge in [-0.3, -0.25) is 24.2 Å². The van der Waals surface area contributed by atoms with Crippen LogP contribution in [0.15, 0.2) is 84.0 Å². The number of phenolic OH excluding ortho intramolecular Hbond substituents is 1. The van der Waals surface area contributed by atoms with Gasteiger partial charge in [-0.05, 0) is 79.0 Å². The standard InChI is InChI=1S/C39H49N9O5/c40-28-14-13-26(19-28)36(51)47-34(20-27-22-45-31-16-15-29(49)21-30(27)31)38(53)48-33(18-23-9-11-25(12-10-23)24-6-2-1-3-7-24)37(52)46-32(35(41)50)8-4-5-17-44-39(42)43/h1-3,6-7,9-12,15-16,21-22,26,28,32-34,45,49H,4-5,8,13-14,17-20,40H2,(H2,41,50)(H,46,52)(H,47,51)(H,48,53)(H4,42,43,44)/t26-,28-,32-,33-,34-/m0/s1. The van der Waals surface area contributed by atoms with Crippen molar-refractivity contribution in [1.82, 2.24) is 20.9 Å². The highest BCUT2D eigenvalue weighted by Gasteiger charge is 2.33. The minimum absolute atomic E-state index is 0.0377. The van der Waals surface area contributed by atoms with Crippen LogP contribution in [0, 0.1) is 5.92 Å². The lowest BCUT2D eigenvalue weighted by molar-refractivity contribution is -0.134. The van der Waals surface area contributed by atoms with Crippen molar-refractivity contribution in [3.8, 4) is 16.9 Å². The quantitative estimate of drug-likeness (QED) is 0.0440. The van der Waals surface area contributed by atoms with Crippen molar-refractivity contribution in [2.75, 3.05) is 6.54 Å². The SMILES string of the molecule is NC(=O)[C@H](CCCCN=C(N)N)NC(=O)[C@H](Cc1ccc(-c2ccccc2)cc1)NC(=O)[C@H](Cc1c[nH]c2ccc(O)cc12)NC(=O)[C@H]1CC[C@H](N)C1. The van der Waals surface area contributed by atoms with Gasteiger partial charge in [0.25, 0.3) is 0 Å². The van der Waals surface area contributed by atoms with Crippen molar-refractivity contribution in [2.45, 2.75) is 75.5 Å². The molecule has 0 aliphatic heterocycles. The molecule has 1 fully saturated rings. The molecule has 5 atom stereocenters. The second kappa shape index (κ2) is 18.0. The summed E-state index contributed by atoms with van der Waals surface area (Å²) in [5.41, 5.74) is 26.8. The first-order valence-electron chi connectivity index (χ1n) is 17.9. The Morgan fingerprint density at radius 1 is 0.811 bits per heavy atom. The third kappa shape index (κ3) is 10.8. The fraction of sp³-hybridized carbons (Fsp3) is 0.359. The van der Waals surface area contributed by atoms with E-state index < -0.39 is 35.8 Å². The van der Waals surface area contributed by atoms with Crippen molar-refractivity contribution >= 4 is 40.5 Å². The predicted octanol–water partition coefficient (Wildman–Crippen LogP) is 1.84. The number of aromatic hydroxyl groups is 1. The van der Waals surface area contributed by atoms with Crippen molar-refractivity contribution in [1.29, 1.82) is 0 Å². The Morgan fingerprint density at radius 2 is 1.49 bits per heavy atom. The van der Waals surface area contributed by atoms with E-state index >= 15 is 0 Å². The average Bonchev–Trinajstić information content (AvgIpc) is 3.76. The van der Waals surface area contributed by atoms with Crippen LogP contribution in [0.25, 0.3) is 22.0 Å². The second-order valence-electron chi connectivity index (χ2n) is 13.7. The smallest absolute Gasteiger partial charge is 0.243 e. The number of phenols is 1. The van der Waals surface area contributed by atoms with Crippen molar-refractivity contribution in [2.24, 2.45) is 33.8 Å². The normalized spacial score (nSPS) is 17.0. The number of H-pyrrole nitrogens is 1. The molecule has 14 nitrogen and oxygen atoms in total. The molecule has 1 aliphatic rings. The van der Waals surface area contributed by atoms with Gasteiger partial charge in [0, 0.05) is 48.4 Å². The highest BCUT2D eigenvalue weighted by Crippen LogP contribution is 2.26. The molecular weight excluding hydrogens is 674 g/mol. The Balaban J connectivity index is 1.39. The lowest BCUT2D eigenvalue weighted by Gasteiger charge is -2.26. The zero-order chi connectivity index (χ0) is 37.9. The summed E-state index contributed by atoms with van der Waals surface area (Å²) in [5.74, 6) is -2.56. The van der Waals surface area contributed by atoms with Gasteiger partial charge < -0.3 is 49.0 Å². The summed E-state index contributed by atoms with van der Waals surface area (Å²) in [7, 11) is 0. The van der Waals surface area contributed by atoms with E-state index in [1.165, 1.54) is 0 Å². The minimum Gasteiger partial charge on any atom is -0.508 e. The first-order valence-corrected chi connectivity index (χ1v) is 17.9. The molecule has 3 aromatic carbocycles. The van der Waals surface area contributed by atoms with E-state index in [2.05, 4.69) is 25.9 Å². The van der Waals surface area contributed by atoms with Crippen molar-refractivity contribution in [3.63, 3.8) is 0 Å². The van der Waals surface area contributed by atoms with Gasteiger partial charge in [0.1, 0.15) is 23.9 Å². The zero-order valence-corrected chi connectivity index (χ0v) is 29.6. The Morgan fingerprint density at radius 3 is 2.15 bits per heavy atom. The number of hydrogen-bond acceptors (Lipinski definition) is 7. The fourth-order valence-corrected chi connectivity index (χ4v) is 6.72. The Hall–Kier alpha value is -5.89. The van der Waals surface area contributed by atoms with Crippen LogP contribution in [-0.4, -0.2) is 70.4 Å². The lowest BCUT2D eigenvalue weighted by Crippen LogP contribution is -2.57. The van der Waals surface area contributed by atoms with Crippen LogP contribution >= 0.6 is 0 Å². The molecule has 4 aromatic rings. The second-order valence-corrected chi connectivity index (χ2v) is 13.7. The maximum atomic E-state index is 14.2. The predicted molar refractivity (Wildman–Crippen MR) is 204 cm³/mol. The summed E-state index contributed by atoms with van der Waals surface area (Å²) in [6.45, 7) is 0.357. The average molecular weight is 724 g/mol. The molecule has 280 valence electrons. The number of carbonyl (C=O) groups excluding carboxylic acids is 4. The van der Waals surface area contributed by atoms with Gasteiger partial charge in [-0.15, -0.1) is 0 Å². The number of aromatic amines is 1. The van der Waals surface area contributed by atoms with Crippen LogP contribution in [0.3, 0.4) is 0 Å². The number of nitrogens with two attached hydrogens (primary N) is 4. The van der Waals surface area contributed by atoms with E-state index in [1.807, 2.05) is 54.6 Å². The van der Waals surface area contributed by atoms with Gasteiger partial charge in [-0.25, -0.2) is 0 Å². The minimum atomic E-state index is -1.14. The highest BCUT2D eigenvalue weighted by atomic mass is 16.3. The molecule has 4 amide bonds. The molecule has 0 radical (unpaired) electrons. The van der Waals surface area contributed by atoms with Gasteiger partial charge in [-0.2, -0.15) is 0 Å². The van der Waals surface area contributed by atoms with Gasteiger partial charge >= 0.3 is 0 Å². The number of rotatable bonds is 17. The number of hydrogen-bond donors (Lipinski definition) is 9. The van der Waals surface area contributed by atoms with Gasteiger partial charge in [0.05, 0.1) is 0 Å². The molecule has 1 heterocycles. The maximum absolute atomic E-state index is 14.2. The first-order chi connectivity index (χ1) is 25.5. The number of amides is 4. The summed E-state index contributed by atoms with van der Waals surface area (Å²) in [5, 5.41) is 19.4. The molecule has 0 spiro atoms. The first kappa shape index (κ1) is 38.3. The van der Waals surface area contributed by atoms with E-state index in [9.17, 15) is 24.3 Å². The van der Waals surface area contributed by atoms with E-state index in [4.69, 9.17) is 22.9 Å². The van der Waals surface area contributed by atoms with Crippen LogP contribution in [0.1, 0.15) is 49.7 Å². The molecule has 53 heavy (non-hydrogen) atoms. The molecule has 1 aliphatic carbocycles. The third-order valence-electron chi connectivity index (χ3n) is 9.64. The van der Waals surface area contributed by atoms with Crippen LogP contribution in [-0.2, 0) is 32.0 Å². The molecule has 1 aromatic heterocycles. The Kier molecular flexibility index (Phi) is 13.1. The fourth-order valence-electron chi connectivity index (χ4n) is 6.72. The number of fused-ring (bicyclic) bond motifs is 1.